The summed E-state index contributed by atoms with van der Waals surface area (Å²) in [5.41, 5.74) is 2.07. The standard InChI is InChI=1S/C11H11FN2/c1-14-7-6-11(13-14)8-9-2-4-10(12)5-3-9/h2-7H,8H2,1H3. The highest BCUT2D eigenvalue weighted by atomic mass is 19.1. The largest absolute Gasteiger partial charge is 0.276 e. The van der Waals surface area contributed by atoms with Gasteiger partial charge in [-0.2, -0.15) is 5.10 Å². The second-order valence-electron chi connectivity index (χ2n) is 3.28. The third kappa shape index (κ3) is 1.99. The quantitative estimate of drug-likeness (QED) is 0.709. The molecule has 0 radical (unpaired) electrons. The zero-order valence-electron chi connectivity index (χ0n) is 7.94. The van der Waals surface area contributed by atoms with E-state index in [0.29, 0.717) is 0 Å². The van der Waals surface area contributed by atoms with Crippen molar-refractivity contribution in [3.05, 3.63) is 53.6 Å². The Morgan fingerprint density at radius 1 is 1.21 bits per heavy atom. The third-order valence-corrected chi connectivity index (χ3v) is 2.07. The molecule has 0 saturated heterocycles. The first kappa shape index (κ1) is 8.94. The van der Waals surface area contributed by atoms with E-state index in [1.54, 1.807) is 16.8 Å². The van der Waals surface area contributed by atoms with E-state index in [4.69, 9.17) is 0 Å². The maximum Gasteiger partial charge on any atom is 0.123 e. The second kappa shape index (κ2) is 3.62. The van der Waals surface area contributed by atoms with Gasteiger partial charge in [0.05, 0.1) is 5.69 Å². The molecular formula is C11H11FN2. The fourth-order valence-electron chi connectivity index (χ4n) is 1.37. The SMILES string of the molecule is Cn1ccc(Cc2ccc(F)cc2)n1. The van der Waals surface area contributed by atoms with Crippen LogP contribution in [0.1, 0.15) is 11.3 Å². The van der Waals surface area contributed by atoms with Crippen LogP contribution in [0.3, 0.4) is 0 Å². The van der Waals surface area contributed by atoms with Crippen molar-refractivity contribution in [2.24, 2.45) is 7.05 Å². The molecule has 0 atom stereocenters. The lowest BCUT2D eigenvalue weighted by molar-refractivity contribution is 0.627. The van der Waals surface area contributed by atoms with Crippen molar-refractivity contribution in [2.45, 2.75) is 6.42 Å². The summed E-state index contributed by atoms with van der Waals surface area (Å²) in [6.07, 6.45) is 2.65. The van der Waals surface area contributed by atoms with Crippen LogP contribution in [0.2, 0.25) is 0 Å². The van der Waals surface area contributed by atoms with Crippen LogP contribution < -0.4 is 0 Å². The monoisotopic (exact) mass is 190 g/mol. The maximum absolute atomic E-state index is 12.6. The van der Waals surface area contributed by atoms with Crippen LogP contribution in [0.4, 0.5) is 4.39 Å². The van der Waals surface area contributed by atoms with Crippen LogP contribution in [0.15, 0.2) is 36.5 Å². The van der Waals surface area contributed by atoms with Crippen LogP contribution in [-0.2, 0) is 13.5 Å². The number of hydrogen-bond acceptors (Lipinski definition) is 1. The predicted octanol–water partition coefficient (Wildman–Crippen LogP) is 2.15. The molecule has 0 aliphatic carbocycles. The molecule has 1 aromatic heterocycles. The van der Waals surface area contributed by atoms with Gasteiger partial charge >= 0.3 is 0 Å². The smallest absolute Gasteiger partial charge is 0.123 e. The summed E-state index contributed by atoms with van der Waals surface area (Å²) in [4.78, 5) is 0. The Balaban J connectivity index is 2.15. The summed E-state index contributed by atoms with van der Waals surface area (Å²) < 4.78 is 14.4. The van der Waals surface area contributed by atoms with Crippen LogP contribution in [0.5, 0.6) is 0 Å². The topological polar surface area (TPSA) is 17.8 Å². The van der Waals surface area contributed by atoms with E-state index >= 15 is 0 Å². The molecule has 72 valence electrons. The molecule has 14 heavy (non-hydrogen) atoms. The molecule has 0 fully saturated rings. The van der Waals surface area contributed by atoms with E-state index in [0.717, 1.165) is 17.7 Å². The molecule has 1 aromatic carbocycles. The van der Waals surface area contributed by atoms with Gasteiger partial charge in [0, 0.05) is 19.7 Å². The van der Waals surface area contributed by atoms with Crippen LogP contribution in [-0.4, -0.2) is 9.78 Å². The number of aryl methyl sites for hydroxylation is 1. The molecule has 0 spiro atoms. The fourth-order valence-corrected chi connectivity index (χ4v) is 1.37. The van der Waals surface area contributed by atoms with Gasteiger partial charge in [-0.05, 0) is 23.8 Å². The Bertz CT molecular complexity index is 417. The van der Waals surface area contributed by atoms with E-state index in [-0.39, 0.29) is 5.82 Å². The summed E-state index contributed by atoms with van der Waals surface area (Å²) in [6, 6.07) is 8.47. The van der Waals surface area contributed by atoms with Gasteiger partial charge in [0.25, 0.3) is 0 Å². The van der Waals surface area contributed by atoms with E-state index in [2.05, 4.69) is 5.10 Å². The first-order valence-electron chi connectivity index (χ1n) is 4.47. The highest BCUT2D eigenvalue weighted by molar-refractivity contribution is 5.21. The summed E-state index contributed by atoms with van der Waals surface area (Å²) in [6.45, 7) is 0. The minimum Gasteiger partial charge on any atom is -0.276 e. The number of hydrogen-bond donors (Lipinski definition) is 0. The number of rotatable bonds is 2. The van der Waals surface area contributed by atoms with Gasteiger partial charge in [-0.15, -0.1) is 0 Å². The van der Waals surface area contributed by atoms with Gasteiger partial charge in [0.1, 0.15) is 5.82 Å². The lowest BCUT2D eigenvalue weighted by atomic mass is 10.1. The van der Waals surface area contributed by atoms with Crippen molar-refractivity contribution in [3.63, 3.8) is 0 Å². The van der Waals surface area contributed by atoms with Crippen molar-refractivity contribution in [2.75, 3.05) is 0 Å². The van der Waals surface area contributed by atoms with E-state index in [9.17, 15) is 4.39 Å². The Morgan fingerprint density at radius 2 is 1.93 bits per heavy atom. The van der Waals surface area contributed by atoms with E-state index in [1.807, 2.05) is 19.3 Å². The summed E-state index contributed by atoms with van der Waals surface area (Å²) in [5, 5.41) is 4.25. The summed E-state index contributed by atoms with van der Waals surface area (Å²) in [5.74, 6) is -0.199. The average Bonchev–Trinajstić information content (AvgIpc) is 2.56. The maximum atomic E-state index is 12.6. The highest BCUT2D eigenvalue weighted by Crippen LogP contribution is 2.08. The zero-order chi connectivity index (χ0) is 9.97. The van der Waals surface area contributed by atoms with Crippen molar-refractivity contribution in [1.29, 1.82) is 0 Å². The normalized spacial score (nSPS) is 10.4. The molecule has 0 aliphatic heterocycles. The van der Waals surface area contributed by atoms with Crippen molar-refractivity contribution in [1.82, 2.24) is 9.78 Å². The van der Waals surface area contributed by atoms with Gasteiger partial charge in [-0.25, -0.2) is 4.39 Å². The van der Waals surface area contributed by atoms with Crippen LogP contribution in [0.25, 0.3) is 0 Å². The third-order valence-electron chi connectivity index (χ3n) is 2.07. The van der Waals surface area contributed by atoms with Gasteiger partial charge in [-0.1, -0.05) is 12.1 Å². The molecule has 0 amide bonds. The number of aromatic nitrogens is 2. The number of nitrogens with zero attached hydrogens (tertiary/aromatic N) is 2. The van der Waals surface area contributed by atoms with Crippen LogP contribution in [0, 0.1) is 5.82 Å². The number of halogens is 1. The molecule has 0 bridgehead atoms. The molecule has 0 N–H and O–H groups in total. The summed E-state index contributed by atoms with van der Waals surface area (Å²) in [7, 11) is 1.88. The number of benzene rings is 1. The summed E-state index contributed by atoms with van der Waals surface area (Å²) >= 11 is 0. The van der Waals surface area contributed by atoms with Gasteiger partial charge in [0.2, 0.25) is 0 Å². The molecule has 0 aliphatic rings. The van der Waals surface area contributed by atoms with Crippen molar-refractivity contribution in [3.8, 4) is 0 Å². The average molecular weight is 190 g/mol. The van der Waals surface area contributed by atoms with E-state index < -0.39 is 0 Å². The fraction of sp³-hybridized carbons (Fsp3) is 0.182. The highest BCUT2D eigenvalue weighted by Gasteiger charge is 1.99. The Labute approximate surface area is 82.0 Å². The molecule has 0 saturated carbocycles. The van der Waals surface area contributed by atoms with Gasteiger partial charge in [0.15, 0.2) is 0 Å². The Morgan fingerprint density at radius 3 is 2.50 bits per heavy atom. The second-order valence-corrected chi connectivity index (χ2v) is 3.28. The molecule has 0 unspecified atom stereocenters. The minimum atomic E-state index is -0.199. The molecule has 3 heteroatoms. The molecule has 2 aromatic rings. The molecule has 2 nitrogen and oxygen atoms in total. The minimum absolute atomic E-state index is 0.199. The van der Waals surface area contributed by atoms with Gasteiger partial charge in [-0.3, -0.25) is 4.68 Å². The first-order chi connectivity index (χ1) is 6.74. The molecule has 1 heterocycles. The van der Waals surface area contributed by atoms with E-state index in [1.165, 1.54) is 12.1 Å². The van der Waals surface area contributed by atoms with Gasteiger partial charge < -0.3 is 0 Å². The first-order valence-corrected chi connectivity index (χ1v) is 4.47. The molecule has 2 rings (SSSR count). The lowest BCUT2D eigenvalue weighted by Crippen LogP contribution is -1.92. The van der Waals surface area contributed by atoms with Crippen molar-refractivity contribution >= 4 is 0 Å². The lowest BCUT2D eigenvalue weighted by Gasteiger charge is -1.97. The van der Waals surface area contributed by atoms with Crippen LogP contribution >= 0.6 is 0 Å². The zero-order valence-corrected chi connectivity index (χ0v) is 7.94. The predicted molar refractivity (Wildman–Crippen MR) is 52.4 cm³/mol. The Hall–Kier alpha value is -1.64. The molecular weight excluding hydrogens is 179 g/mol. The van der Waals surface area contributed by atoms with Crippen molar-refractivity contribution < 1.29 is 4.39 Å². The Kier molecular flexibility index (Phi) is 2.31.